The zero-order chi connectivity index (χ0) is 30.3. The summed E-state index contributed by atoms with van der Waals surface area (Å²) >= 11 is 0. The predicted molar refractivity (Wildman–Crippen MR) is 181 cm³/mol. The molecule has 0 aromatic carbocycles. The topological polar surface area (TPSA) is 34.1 Å². The quantitative estimate of drug-likeness (QED) is 0.0485. The van der Waals surface area contributed by atoms with Crippen molar-refractivity contribution < 1.29 is 14.1 Å². The van der Waals surface area contributed by atoms with Crippen molar-refractivity contribution in [2.45, 2.75) is 194 Å². The summed E-state index contributed by atoms with van der Waals surface area (Å²) in [7, 11) is 3.58. The zero-order valence-corrected chi connectivity index (χ0v) is 28.4. The van der Waals surface area contributed by atoms with Crippen LogP contribution in [-0.2, 0) is 9.59 Å². The van der Waals surface area contributed by atoms with Crippen molar-refractivity contribution in [3.05, 3.63) is 24.3 Å². The lowest BCUT2D eigenvalue weighted by molar-refractivity contribution is -0.736. The van der Waals surface area contributed by atoms with E-state index in [4.69, 9.17) is 0 Å². The fraction of sp³-hybridized carbons (Fsp3) is 0.842. The van der Waals surface area contributed by atoms with Crippen LogP contribution in [0, 0.1) is 0 Å². The van der Waals surface area contributed by atoms with E-state index in [2.05, 4.69) is 38.2 Å². The normalized spacial score (nSPS) is 12.2. The van der Waals surface area contributed by atoms with E-state index in [0.717, 1.165) is 25.7 Å². The van der Waals surface area contributed by atoms with Gasteiger partial charge in [0.2, 0.25) is 0 Å². The van der Waals surface area contributed by atoms with Crippen LogP contribution in [0.2, 0.25) is 0 Å². The first-order valence-corrected chi connectivity index (χ1v) is 18.2. The number of imide groups is 1. The maximum absolute atomic E-state index is 12.7. The Bertz CT molecular complexity index is 595. The molecule has 0 aromatic heterocycles. The highest BCUT2D eigenvalue weighted by Gasteiger charge is 2.33. The largest absolute Gasteiger partial charge is 0.320 e. The summed E-state index contributed by atoms with van der Waals surface area (Å²) < 4.78 is -0.0766. The highest BCUT2D eigenvalue weighted by atomic mass is 16.2. The Morgan fingerprint density at radius 3 is 0.927 bits per heavy atom. The molecule has 0 saturated carbocycles. The molecule has 0 spiro atoms. The van der Waals surface area contributed by atoms with Crippen molar-refractivity contribution in [2.75, 3.05) is 14.1 Å². The number of carbonyl (C=O) groups excluding carboxylic acids is 2. The monoisotopic (exact) mass is 575 g/mol. The SMILES string of the molecule is CCCCCCCC/C=C\CCCCCCCC(=O)[N+](C)(C)C(=O)CCCCCCC/C=C\CCCCCCCC. The summed E-state index contributed by atoms with van der Waals surface area (Å²) in [5.74, 6) is 0.167. The van der Waals surface area contributed by atoms with Crippen molar-refractivity contribution in [1.82, 2.24) is 0 Å². The molecule has 0 aliphatic heterocycles. The number of amides is 2. The third kappa shape index (κ3) is 26.2. The van der Waals surface area contributed by atoms with Gasteiger partial charge in [0.1, 0.15) is 0 Å². The summed E-state index contributed by atoms with van der Waals surface area (Å²) in [5.41, 5.74) is 0. The molecule has 3 heteroatoms. The van der Waals surface area contributed by atoms with Crippen LogP contribution in [0.1, 0.15) is 194 Å². The van der Waals surface area contributed by atoms with Crippen LogP contribution in [0.5, 0.6) is 0 Å². The number of quaternary nitrogens is 1. The molecule has 0 heterocycles. The molecule has 0 radical (unpaired) electrons. The molecule has 41 heavy (non-hydrogen) atoms. The van der Waals surface area contributed by atoms with Crippen LogP contribution in [-0.4, -0.2) is 30.4 Å². The van der Waals surface area contributed by atoms with Gasteiger partial charge in [-0.1, -0.05) is 141 Å². The van der Waals surface area contributed by atoms with Gasteiger partial charge in [-0.15, -0.1) is 0 Å². The molecule has 2 amide bonds. The van der Waals surface area contributed by atoms with Gasteiger partial charge in [-0.25, -0.2) is 14.1 Å². The van der Waals surface area contributed by atoms with E-state index >= 15 is 0 Å². The van der Waals surface area contributed by atoms with E-state index in [1.165, 1.54) is 141 Å². The Hall–Kier alpha value is -1.22. The maximum Gasteiger partial charge on any atom is 0.320 e. The molecule has 0 fully saturated rings. The second kappa shape index (κ2) is 30.2. The van der Waals surface area contributed by atoms with Gasteiger partial charge in [0.15, 0.2) is 0 Å². The first-order chi connectivity index (χ1) is 20.0. The summed E-state index contributed by atoms with van der Waals surface area (Å²) in [6.07, 6.45) is 43.1. The van der Waals surface area contributed by atoms with Crippen molar-refractivity contribution in [2.24, 2.45) is 0 Å². The molecular weight excluding hydrogens is 502 g/mol. The minimum absolute atomic E-state index is 0.0766. The Kier molecular flexibility index (Phi) is 29.3. The first-order valence-electron chi connectivity index (χ1n) is 18.2. The smallest absolute Gasteiger partial charge is 0.230 e. The first kappa shape index (κ1) is 39.8. The van der Waals surface area contributed by atoms with Crippen LogP contribution < -0.4 is 0 Å². The molecule has 0 atom stereocenters. The molecule has 0 aliphatic rings. The predicted octanol–water partition coefficient (Wildman–Crippen LogP) is 12.2. The molecular formula is C38H72NO2+. The minimum atomic E-state index is -0.0766. The van der Waals surface area contributed by atoms with Crippen LogP contribution >= 0.6 is 0 Å². The lowest BCUT2D eigenvalue weighted by Crippen LogP contribution is -2.50. The van der Waals surface area contributed by atoms with E-state index in [-0.39, 0.29) is 16.3 Å². The van der Waals surface area contributed by atoms with Gasteiger partial charge in [0, 0.05) is 0 Å². The standard InChI is InChI=1S/C38H72NO2/c1-5-7-9-11-13-15-17-19-21-23-25-27-29-31-33-35-37(40)39(3,4)38(41)36-34-32-30-28-26-24-22-20-18-16-14-12-10-8-6-2/h19-22H,5-18,23-36H2,1-4H3/q+1/b21-19-,22-20-. The molecule has 3 nitrogen and oxygen atoms in total. The third-order valence-corrected chi connectivity index (χ3v) is 8.55. The van der Waals surface area contributed by atoms with E-state index in [1.807, 2.05) is 0 Å². The molecule has 0 unspecified atom stereocenters. The Morgan fingerprint density at radius 1 is 0.390 bits per heavy atom. The lowest BCUT2D eigenvalue weighted by atomic mass is 10.1. The summed E-state index contributed by atoms with van der Waals surface area (Å²) in [6.45, 7) is 4.54. The Labute approximate surface area is 257 Å². The second-order valence-corrected chi connectivity index (χ2v) is 12.9. The fourth-order valence-electron chi connectivity index (χ4n) is 5.39. The lowest BCUT2D eigenvalue weighted by Gasteiger charge is -2.24. The average molecular weight is 575 g/mol. The molecule has 0 rings (SSSR count). The van der Waals surface area contributed by atoms with Gasteiger partial charge in [0.25, 0.3) is 0 Å². The Balaban J connectivity index is 3.65. The zero-order valence-electron chi connectivity index (χ0n) is 28.4. The summed E-state index contributed by atoms with van der Waals surface area (Å²) in [4.78, 5) is 25.5. The number of allylic oxidation sites excluding steroid dienone is 4. The van der Waals surface area contributed by atoms with Crippen LogP contribution in [0.4, 0.5) is 0 Å². The number of hydrogen-bond donors (Lipinski definition) is 0. The van der Waals surface area contributed by atoms with Crippen molar-refractivity contribution in [3.8, 4) is 0 Å². The van der Waals surface area contributed by atoms with Crippen molar-refractivity contribution in [3.63, 3.8) is 0 Å². The maximum atomic E-state index is 12.7. The number of rotatable bonds is 30. The van der Waals surface area contributed by atoms with E-state index < -0.39 is 0 Å². The third-order valence-electron chi connectivity index (χ3n) is 8.55. The summed E-state index contributed by atoms with van der Waals surface area (Å²) in [6, 6.07) is 0. The minimum Gasteiger partial charge on any atom is -0.230 e. The molecule has 0 aromatic rings. The van der Waals surface area contributed by atoms with Crippen LogP contribution in [0.3, 0.4) is 0 Å². The fourth-order valence-corrected chi connectivity index (χ4v) is 5.39. The number of nitrogens with zero attached hydrogens (tertiary/aromatic N) is 1. The van der Waals surface area contributed by atoms with Crippen LogP contribution in [0.25, 0.3) is 0 Å². The van der Waals surface area contributed by atoms with Gasteiger partial charge in [-0.05, 0) is 64.2 Å². The van der Waals surface area contributed by atoms with Crippen molar-refractivity contribution >= 4 is 11.8 Å². The van der Waals surface area contributed by atoms with Gasteiger partial charge in [0.05, 0.1) is 26.9 Å². The highest BCUT2D eigenvalue weighted by Crippen LogP contribution is 2.15. The molecule has 0 aliphatic carbocycles. The average Bonchev–Trinajstić information content (AvgIpc) is 2.96. The molecule has 0 N–H and O–H groups in total. The molecule has 0 saturated heterocycles. The highest BCUT2D eigenvalue weighted by molar-refractivity contribution is 5.84. The number of hydrogen-bond acceptors (Lipinski definition) is 2. The van der Waals surface area contributed by atoms with Crippen molar-refractivity contribution in [1.29, 1.82) is 0 Å². The Morgan fingerprint density at radius 2 is 0.634 bits per heavy atom. The molecule has 0 bridgehead atoms. The summed E-state index contributed by atoms with van der Waals surface area (Å²) in [5, 5.41) is 0. The van der Waals surface area contributed by atoms with E-state index in [9.17, 15) is 9.59 Å². The number of carbonyl (C=O) groups is 2. The van der Waals surface area contributed by atoms with Gasteiger partial charge in [-0.2, -0.15) is 0 Å². The van der Waals surface area contributed by atoms with Gasteiger partial charge in [-0.3, -0.25) is 0 Å². The van der Waals surface area contributed by atoms with Crippen LogP contribution in [0.15, 0.2) is 24.3 Å². The van der Waals surface area contributed by atoms with E-state index in [1.54, 1.807) is 14.1 Å². The second-order valence-electron chi connectivity index (χ2n) is 12.9. The molecule has 240 valence electrons. The van der Waals surface area contributed by atoms with Gasteiger partial charge < -0.3 is 0 Å². The number of unbranched alkanes of at least 4 members (excludes halogenated alkanes) is 22. The van der Waals surface area contributed by atoms with E-state index in [0.29, 0.717) is 12.8 Å². The van der Waals surface area contributed by atoms with Gasteiger partial charge >= 0.3 is 11.8 Å².